The highest BCUT2D eigenvalue weighted by molar-refractivity contribution is 5.95. The average molecular weight is 386 g/mol. The van der Waals surface area contributed by atoms with E-state index in [0.717, 1.165) is 17.5 Å². The number of nitrogens with one attached hydrogen (secondary N) is 1. The molecular weight excluding hydrogens is 366 g/mol. The van der Waals surface area contributed by atoms with Gasteiger partial charge in [-0.05, 0) is 42.2 Å². The van der Waals surface area contributed by atoms with Gasteiger partial charge >= 0.3 is 0 Å². The van der Waals surface area contributed by atoms with E-state index < -0.39 is 0 Å². The van der Waals surface area contributed by atoms with Gasteiger partial charge in [-0.25, -0.2) is 9.97 Å². The second kappa shape index (κ2) is 8.18. The van der Waals surface area contributed by atoms with Crippen LogP contribution in [-0.2, 0) is 19.5 Å². The van der Waals surface area contributed by atoms with E-state index in [0.29, 0.717) is 36.9 Å². The molecule has 4 rings (SSSR count). The minimum Gasteiger partial charge on any atom is -0.469 e. The maximum atomic E-state index is 12.7. The number of carbonyl (C=O) groups excluding carboxylic acids is 1. The molecule has 3 aromatic heterocycles. The fraction of sp³-hybridized carbons (Fsp3) is 0.263. The molecule has 0 bridgehead atoms. The van der Waals surface area contributed by atoms with Crippen molar-refractivity contribution in [2.24, 2.45) is 0 Å². The second-order valence-electron chi connectivity index (χ2n) is 6.23. The van der Waals surface area contributed by atoms with E-state index in [1.54, 1.807) is 30.8 Å². The molecule has 0 fully saturated rings. The number of hydrogen-bond donors (Lipinski definition) is 1. The van der Waals surface area contributed by atoms with Crippen molar-refractivity contribution in [1.29, 1.82) is 0 Å². The van der Waals surface area contributed by atoms with Gasteiger partial charge in [-0.15, -0.1) is 12.4 Å². The van der Waals surface area contributed by atoms with Crippen LogP contribution in [0.1, 0.15) is 32.8 Å². The molecule has 27 heavy (non-hydrogen) atoms. The number of carbonyl (C=O) groups is 1. The number of rotatable bonds is 4. The van der Waals surface area contributed by atoms with Crippen LogP contribution in [0.4, 0.5) is 5.95 Å². The number of amides is 1. The van der Waals surface area contributed by atoms with Crippen LogP contribution < -0.4 is 5.32 Å². The second-order valence-corrected chi connectivity index (χ2v) is 6.23. The van der Waals surface area contributed by atoms with Crippen LogP contribution in [-0.4, -0.2) is 32.3 Å². The smallest absolute Gasteiger partial charge is 0.257 e. The monoisotopic (exact) mass is 385 g/mol. The van der Waals surface area contributed by atoms with Crippen molar-refractivity contribution in [2.75, 3.05) is 11.9 Å². The standard InChI is InChI=1S/C19H19N5O2.ClH/c1-13-16(4-8-26-13)18(25)24-7-3-17-14(9-20-10-15(17)12-24)11-23-19-21-5-2-6-22-19;/h2,4-6,8-10H,3,7,11-12H2,1H3,(H,21,22,23);1H. The zero-order valence-corrected chi connectivity index (χ0v) is 15.7. The first-order chi connectivity index (χ1) is 12.7. The molecule has 0 aromatic carbocycles. The maximum absolute atomic E-state index is 12.7. The highest BCUT2D eigenvalue weighted by Crippen LogP contribution is 2.24. The Kier molecular flexibility index (Phi) is 5.71. The third-order valence-corrected chi connectivity index (χ3v) is 4.61. The largest absolute Gasteiger partial charge is 0.469 e. The molecule has 0 spiro atoms. The van der Waals surface area contributed by atoms with Crippen LogP contribution in [0, 0.1) is 6.92 Å². The van der Waals surface area contributed by atoms with E-state index in [2.05, 4.69) is 20.3 Å². The van der Waals surface area contributed by atoms with Crippen molar-refractivity contribution in [3.8, 4) is 0 Å². The molecule has 0 radical (unpaired) electrons. The van der Waals surface area contributed by atoms with Gasteiger partial charge in [0.05, 0.1) is 11.8 Å². The third kappa shape index (κ3) is 3.93. The van der Waals surface area contributed by atoms with Crippen LogP contribution >= 0.6 is 12.4 Å². The van der Waals surface area contributed by atoms with E-state index in [4.69, 9.17) is 4.42 Å². The highest BCUT2D eigenvalue weighted by atomic mass is 35.5. The molecule has 3 aromatic rings. The van der Waals surface area contributed by atoms with Gasteiger partial charge in [0.15, 0.2) is 0 Å². The van der Waals surface area contributed by atoms with Gasteiger partial charge in [0.25, 0.3) is 5.91 Å². The lowest BCUT2D eigenvalue weighted by atomic mass is 9.96. The fourth-order valence-electron chi connectivity index (χ4n) is 3.24. The molecule has 1 aliphatic rings. The topological polar surface area (TPSA) is 84.2 Å². The van der Waals surface area contributed by atoms with E-state index in [1.165, 1.54) is 5.56 Å². The number of fused-ring (bicyclic) bond motifs is 1. The lowest BCUT2D eigenvalue weighted by Crippen LogP contribution is -2.36. The summed E-state index contributed by atoms with van der Waals surface area (Å²) in [6.45, 7) is 3.65. The van der Waals surface area contributed by atoms with E-state index in [9.17, 15) is 4.79 Å². The molecule has 0 aliphatic carbocycles. The molecule has 1 aliphatic heterocycles. The lowest BCUT2D eigenvalue weighted by molar-refractivity contribution is 0.0732. The molecule has 0 atom stereocenters. The SMILES string of the molecule is Cc1occc1C(=O)N1CCc2c(CNc3ncccn3)cncc2C1.Cl. The van der Waals surface area contributed by atoms with Gasteiger partial charge in [0, 0.05) is 44.4 Å². The number of aromatic nitrogens is 3. The van der Waals surface area contributed by atoms with Crippen LogP contribution in [0.25, 0.3) is 0 Å². The first kappa shape index (κ1) is 18.8. The summed E-state index contributed by atoms with van der Waals surface area (Å²) < 4.78 is 5.26. The molecule has 8 heteroatoms. The predicted molar refractivity (Wildman–Crippen MR) is 103 cm³/mol. The summed E-state index contributed by atoms with van der Waals surface area (Å²) in [5, 5.41) is 3.22. The Morgan fingerprint density at radius 2 is 2.11 bits per heavy atom. The Bertz CT molecular complexity index is 929. The molecule has 0 saturated heterocycles. The van der Waals surface area contributed by atoms with Crippen molar-refractivity contribution in [3.63, 3.8) is 0 Å². The number of aryl methyl sites for hydroxylation is 1. The fourth-order valence-corrected chi connectivity index (χ4v) is 3.24. The Morgan fingerprint density at radius 1 is 1.30 bits per heavy atom. The highest BCUT2D eigenvalue weighted by Gasteiger charge is 2.25. The molecule has 0 unspecified atom stereocenters. The first-order valence-electron chi connectivity index (χ1n) is 8.51. The number of hydrogen-bond acceptors (Lipinski definition) is 6. The Balaban J connectivity index is 0.00000210. The molecule has 1 N–H and O–H groups in total. The first-order valence-corrected chi connectivity index (χ1v) is 8.51. The predicted octanol–water partition coefficient (Wildman–Crippen LogP) is 3.01. The summed E-state index contributed by atoms with van der Waals surface area (Å²) in [5.74, 6) is 1.25. The van der Waals surface area contributed by atoms with Crippen molar-refractivity contribution in [2.45, 2.75) is 26.4 Å². The van der Waals surface area contributed by atoms with Crippen molar-refractivity contribution < 1.29 is 9.21 Å². The number of nitrogens with zero attached hydrogens (tertiary/aromatic N) is 4. The summed E-state index contributed by atoms with van der Waals surface area (Å²) in [4.78, 5) is 27.2. The van der Waals surface area contributed by atoms with Gasteiger partial charge in [-0.3, -0.25) is 9.78 Å². The van der Waals surface area contributed by atoms with Gasteiger partial charge < -0.3 is 14.6 Å². The number of pyridine rings is 1. The molecule has 4 heterocycles. The number of halogens is 1. The third-order valence-electron chi connectivity index (χ3n) is 4.61. The van der Waals surface area contributed by atoms with E-state index in [-0.39, 0.29) is 18.3 Å². The molecule has 1 amide bonds. The molecule has 7 nitrogen and oxygen atoms in total. The van der Waals surface area contributed by atoms with Crippen LogP contribution in [0.2, 0.25) is 0 Å². The summed E-state index contributed by atoms with van der Waals surface area (Å²) in [7, 11) is 0. The van der Waals surface area contributed by atoms with Gasteiger partial charge in [0.2, 0.25) is 5.95 Å². The normalized spacial score (nSPS) is 12.9. The quantitative estimate of drug-likeness (QED) is 0.743. The molecule has 140 valence electrons. The van der Waals surface area contributed by atoms with Crippen molar-refractivity contribution >= 4 is 24.3 Å². The average Bonchev–Trinajstić information content (AvgIpc) is 3.12. The Morgan fingerprint density at radius 3 is 2.85 bits per heavy atom. The van der Waals surface area contributed by atoms with Crippen molar-refractivity contribution in [3.05, 3.63) is 71.2 Å². The zero-order valence-electron chi connectivity index (χ0n) is 14.9. The van der Waals surface area contributed by atoms with Gasteiger partial charge in [0.1, 0.15) is 5.76 Å². The summed E-state index contributed by atoms with van der Waals surface area (Å²) >= 11 is 0. The lowest BCUT2D eigenvalue weighted by Gasteiger charge is -2.29. The zero-order chi connectivity index (χ0) is 17.9. The minimum atomic E-state index is 0. The minimum absolute atomic E-state index is 0. The van der Waals surface area contributed by atoms with E-state index >= 15 is 0 Å². The summed E-state index contributed by atoms with van der Waals surface area (Å²) in [5.41, 5.74) is 4.07. The number of anilines is 1. The van der Waals surface area contributed by atoms with Crippen LogP contribution in [0.5, 0.6) is 0 Å². The van der Waals surface area contributed by atoms with E-state index in [1.807, 2.05) is 24.2 Å². The number of furan rings is 1. The Hall–Kier alpha value is -2.93. The summed E-state index contributed by atoms with van der Waals surface area (Å²) in [6.07, 6.45) is 9.47. The van der Waals surface area contributed by atoms with Crippen LogP contribution in [0.3, 0.4) is 0 Å². The van der Waals surface area contributed by atoms with Crippen LogP contribution in [0.15, 0.2) is 47.6 Å². The maximum Gasteiger partial charge on any atom is 0.257 e. The van der Waals surface area contributed by atoms with Gasteiger partial charge in [-0.2, -0.15) is 0 Å². The molecule has 0 saturated carbocycles. The Labute approximate surface area is 163 Å². The summed E-state index contributed by atoms with van der Waals surface area (Å²) in [6, 6.07) is 3.51. The van der Waals surface area contributed by atoms with Gasteiger partial charge in [-0.1, -0.05) is 0 Å². The van der Waals surface area contributed by atoms with Crippen molar-refractivity contribution in [1.82, 2.24) is 19.9 Å². The molecular formula is C19H20ClN5O2.